The standard InChI is InChI=1S/C57H78BrClN8O15/c1-31(2)48(65-45(68)19-12-11-16-34(5)79-52(72)33(4)30-58)51(71)64-39(17-14-24-61-53(60)73)50(70)62-37-20-22-38(23-21-37)63-54(74)81-44-28-46(69)67(8)40-26-36(27-41(77-9)47(40)59)25-32(3)15-13-18-43(78-10)57(76)29-42(80-55(75)66-57)35(6)49-56(44,7)82-49/h13,15,18,20-23,26-27,31,34-35,39,42-44,48-49,76H,4,11-12,14,16-17,19,24-25,28-30H2,1-3,5-10H3,(H,62,70)(H,63,74)(H,64,71)(H,65,68)(H,66,75)(H3,60,61,73)/b18-13+,32-15+/t34?,35-,39+,42+,43-,44+,48+,49+,56+,57+/m1/s1. The van der Waals surface area contributed by atoms with Crippen molar-refractivity contribution < 1.29 is 71.9 Å². The van der Waals surface area contributed by atoms with Crippen molar-refractivity contribution in [2.24, 2.45) is 17.6 Å². The molecular weight excluding hydrogens is 1150 g/mol. The predicted molar refractivity (Wildman–Crippen MR) is 310 cm³/mol. The number of esters is 1. The highest BCUT2D eigenvalue weighted by atomic mass is 79.9. The molecule has 5 rings (SSSR count). The van der Waals surface area contributed by atoms with Gasteiger partial charge in [-0.15, -0.1) is 0 Å². The minimum Gasteiger partial charge on any atom is -0.495 e. The second-order valence-corrected chi connectivity index (χ2v) is 22.3. The van der Waals surface area contributed by atoms with Crippen LogP contribution in [-0.4, -0.2) is 140 Å². The van der Waals surface area contributed by atoms with Gasteiger partial charge >= 0.3 is 24.2 Å². The number of nitrogens with zero attached hydrogens (tertiary/aromatic N) is 1. The molecule has 3 aliphatic heterocycles. The van der Waals surface area contributed by atoms with Gasteiger partial charge in [0, 0.05) is 61.7 Å². The fourth-order valence-corrected chi connectivity index (χ4v) is 10.2. The number of allylic oxidation sites excluding steroid dienone is 3. The number of carbonyl (C=O) groups excluding carboxylic acids is 8. The molecule has 450 valence electrons. The fourth-order valence-electron chi connectivity index (χ4n) is 9.67. The summed E-state index contributed by atoms with van der Waals surface area (Å²) >= 11 is 10.0. The number of methoxy groups -OCH3 is 2. The van der Waals surface area contributed by atoms with Crippen LogP contribution < -0.4 is 47.3 Å². The van der Waals surface area contributed by atoms with Gasteiger partial charge in [-0.25, -0.2) is 19.2 Å². The minimum absolute atomic E-state index is 0.0671. The van der Waals surface area contributed by atoms with Crippen molar-refractivity contribution in [2.75, 3.05) is 48.7 Å². The summed E-state index contributed by atoms with van der Waals surface area (Å²) in [7, 11) is 4.40. The van der Waals surface area contributed by atoms with E-state index < -0.39 is 102 Å². The molecule has 0 spiro atoms. The van der Waals surface area contributed by atoms with Gasteiger partial charge < -0.3 is 65.4 Å². The van der Waals surface area contributed by atoms with Crippen molar-refractivity contribution in [1.29, 1.82) is 0 Å². The number of nitrogens with one attached hydrogen (secondary N) is 6. The summed E-state index contributed by atoms with van der Waals surface area (Å²) in [5.74, 6) is -3.28. The number of alkyl halides is 1. The highest BCUT2D eigenvalue weighted by molar-refractivity contribution is 9.09. The van der Waals surface area contributed by atoms with E-state index in [1.165, 1.54) is 50.4 Å². The summed E-state index contributed by atoms with van der Waals surface area (Å²) in [4.78, 5) is 107. The number of hydrogen-bond donors (Lipinski definition) is 8. The topological polar surface area (TPSA) is 317 Å². The van der Waals surface area contributed by atoms with Crippen molar-refractivity contribution in [1.82, 2.24) is 21.3 Å². The van der Waals surface area contributed by atoms with E-state index in [2.05, 4.69) is 54.4 Å². The zero-order chi connectivity index (χ0) is 60.6. The average molecular weight is 1230 g/mol. The normalized spacial score (nSPS) is 24.7. The molecule has 82 heavy (non-hydrogen) atoms. The Hall–Kier alpha value is -6.73. The highest BCUT2D eigenvalue weighted by Gasteiger charge is 2.64. The van der Waals surface area contributed by atoms with E-state index in [-0.39, 0.29) is 66.6 Å². The van der Waals surface area contributed by atoms with E-state index in [9.17, 15) is 43.5 Å². The molecule has 3 heterocycles. The van der Waals surface area contributed by atoms with Crippen LogP contribution >= 0.6 is 27.5 Å². The van der Waals surface area contributed by atoms with Crippen molar-refractivity contribution in [2.45, 2.75) is 153 Å². The molecule has 23 nitrogen and oxygen atoms in total. The average Bonchev–Trinajstić information content (AvgIpc) is 2.06. The molecule has 8 amide bonds. The van der Waals surface area contributed by atoms with Crippen LogP contribution in [0.5, 0.6) is 5.75 Å². The summed E-state index contributed by atoms with van der Waals surface area (Å²) in [6.45, 7) is 14.3. The predicted octanol–water partition coefficient (Wildman–Crippen LogP) is 6.83. The van der Waals surface area contributed by atoms with Gasteiger partial charge in [0.15, 0.2) is 5.72 Å². The van der Waals surface area contributed by atoms with Crippen molar-refractivity contribution in [3.8, 4) is 5.75 Å². The maximum Gasteiger partial charge on any atom is 0.412 e. The Morgan fingerprint density at radius 2 is 1.68 bits per heavy atom. The SMILES string of the molecule is C=C(CBr)C(=O)OC(C)CCCCC(=O)N[C@H](C(=O)N[C@@H](CCCNC(N)=O)C(=O)Nc1ccc(NC(=O)O[C@H]2CC(=O)N(C)c3cc(cc(OC)c3Cl)C/C(C)=C/C=C/[C@@H](OC)[C@@]3(O)C[C@H](OC(=O)N3)[C@@H](C)[C@@H]3O[C@@]23C)cc1)C(C)C. The first-order valence-electron chi connectivity index (χ1n) is 27.1. The fraction of sp³-hybridized carbons (Fsp3) is 0.544. The first-order valence-corrected chi connectivity index (χ1v) is 28.6. The number of rotatable bonds is 22. The van der Waals surface area contributed by atoms with Gasteiger partial charge in [0.2, 0.25) is 23.6 Å². The number of carbonyl (C=O) groups is 8. The Kier molecular flexibility index (Phi) is 24.2. The van der Waals surface area contributed by atoms with Crippen LogP contribution in [0.1, 0.15) is 98.5 Å². The zero-order valence-electron chi connectivity index (χ0n) is 47.8. The van der Waals surface area contributed by atoms with Crippen molar-refractivity contribution >= 4 is 92.4 Å². The van der Waals surface area contributed by atoms with Crippen molar-refractivity contribution in [3.05, 3.63) is 82.9 Å². The summed E-state index contributed by atoms with van der Waals surface area (Å²) in [5, 5.41) is 28.3. The Labute approximate surface area is 491 Å². The number of amides is 8. The van der Waals surface area contributed by atoms with Crippen LogP contribution in [0, 0.1) is 11.8 Å². The monoisotopic (exact) mass is 1230 g/mol. The Morgan fingerprint density at radius 1 is 1.00 bits per heavy atom. The van der Waals surface area contributed by atoms with Crippen molar-refractivity contribution in [3.63, 3.8) is 0 Å². The molecule has 2 aromatic rings. The third-order valence-electron chi connectivity index (χ3n) is 14.5. The molecule has 25 heteroatoms. The molecule has 2 aromatic carbocycles. The maximum absolute atomic E-state index is 14.4. The summed E-state index contributed by atoms with van der Waals surface area (Å²) < 4.78 is 34.7. The lowest BCUT2D eigenvalue weighted by Gasteiger charge is -2.42. The number of aliphatic hydroxyl groups is 1. The van der Waals surface area contributed by atoms with Gasteiger partial charge in [-0.1, -0.05) is 78.7 Å². The third-order valence-corrected chi connectivity index (χ3v) is 15.5. The summed E-state index contributed by atoms with van der Waals surface area (Å²) in [6.07, 6.45) is 0.854. The van der Waals surface area contributed by atoms with Gasteiger partial charge in [-0.2, -0.15) is 0 Å². The molecule has 0 radical (unpaired) electrons. The number of urea groups is 1. The molecule has 0 saturated carbocycles. The largest absolute Gasteiger partial charge is 0.495 e. The number of nitrogens with two attached hydrogens (primary N) is 1. The number of fused-ring (bicyclic) bond motifs is 5. The minimum atomic E-state index is -1.90. The lowest BCUT2D eigenvalue weighted by atomic mass is 9.83. The number of hydrogen-bond acceptors (Lipinski definition) is 15. The first-order chi connectivity index (χ1) is 38.7. The Balaban J connectivity index is 1.30. The number of anilines is 3. The van der Waals surface area contributed by atoms with E-state index in [0.717, 1.165) is 11.1 Å². The zero-order valence-corrected chi connectivity index (χ0v) is 50.2. The second-order valence-electron chi connectivity index (χ2n) is 21.4. The van der Waals surface area contributed by atoms with Crippen LogP contribution in [0.2, 0.25) is 5.02 Å². The van der Waals surface area contributed by atoms with E-state index >= 15 is 0 Å². The molecule has 3 aliphatic rings. The molecule has 4 bridgehead atoms. The second kappa shape index (κ2) is 30.0. The molecule has 0 aliphatic carbocycles. The van der Waals surface area contributed by atoms with Gasteiger partial charge in [-0.3, -0.25) is 29.8 Å². The first kappa shape index (κ1) is 66.1. The van der Waals surface area contributed by atoms with Gasteiger partial charge in [0.1, 0.15) is 46.8 Å². The summed E-state index contributed by atoms with van der Waals surface area (Å²) in [5.41, 5.74) is 4.80. The van der Waals surface area contributed by atoms with Crippen LogP contribution in [0.4, 0.5) is 31.4 Å². The molecule has 2 fully saturated rings. The van der Waals surface area contributed by atoms with Gasteiger partial charge in [-0.05, 0) is 107 Å². The lowest BCUT2D eigenvalue weighted by molar-refractivity contribution is -0.144. The Morgan fingerprint density at radius 3 is 2.32 bits per heavy atom. The van der Waals surface area contributed by atoms with E-state index in [1.54, 1.807) is 58.9 Å². The molecular formula is C57H78BrClN8O15. The number of epoxide rings is 1. The number of unbranched alkanes of at least 4 members (excludes halogenated alkanes) is 1. The molecule has 2 saturated heterocycles. The number of benzene rings is 2. The van der Waals surface area contributed by atoms with E-state index in [1.807, 2.05) is 13.0 Å². The third kappa shape index (κ3) is 18.4. The molecule has 0 aromatic heterocycles. The van der Waals surface area contributed by atoms with Gasteiger partial charge in [0.25, 0.3) is 0 Å². The number of alkyl carbamates (subject to hydrolysis) is 1. The molecule has 1 unspecified atom stereocenters. The molecule has 9 N–H and O–H groups in total. The van der Waals surface area contributed by atoms with E-state index in [4.69, 9.17) is 45.8 Å². The Bertz CT molecular complexity index is 2730. The van der Waals surface area contributed by atoms with Crippen LogP contribution in [0.3, 0.4) is 0 Å². The highest BCUT2D eigenvalue weighted by Crippen LogP contribution is 2.49. The lowest BCUT2D eigenvalue weighted by Crippen LogP contribution is -2.63. The smallest absolute Gasteiger partial charge is 0.412 e. The van der Waals surface area contributed by atoms with Crippen LogP contribution in [-0.2, 0) is 54.1 Å². The number of primary amides is 1. The van der Waals surface area contributed by atoms with Gasteiger partial charge in [0.05, 0.1) is 31.4 Å². The van der Waals surface area contributed by atoms with Crippen LogP contribution in [0.25, 0.3) is 0 Å². The summed E-state index contributed by atoms with van der Waals surface area (Å²) in [6, 6.07) is 6.58. The quantitative estimate of drug-likeness (QED) is 0.0150. The number of halogens is 2. The number of ether oxygens (including phenoxy) is 6. The molecule has 10 atom stereocenters. The maximum atomic E-state index is 14.4. The van der Waals surface area contributed by atoms with Crippen LogP contribution in [0.15, 0.2) is 72.4 Å². The van der Waals surface area contributed by atoms with E-state index in [0.29, 0.717) is 48.0 Å².